The van der Waals surface area contributed by atoms with Gasteiger partial charge in [0.15, 0.2) is 5.82 Å². The van der Waals surface area contributed by atoms with Crippen molar-refractivity contribution in [2.24, 2.45) is 0 Å². The molecule has 0 unspecified atom stereocenters. The quantitative estimate of drug-likeness (QED) is 0.748. The Labute approximate surface area is 134 Å². The lowest BCUT2D eigenvalue weighted by Gasteiger charge is -2.12. The van der Waals surface area contributed by atoms with Crippen LogP contribution in [0.1, 0.15) is 11.3 Å². The summed E-state index contributed by atoms with van der Waals surface area (Å²) in [5.74, 6) is 0.340. The van der Waals surface area contributed by atoms with Crippen LogP contribution in [0, 0.1) is 6.92 Å². The number of aryl methyl sites for hydroxylation is 1. The van der Waals surface area contributed by atoms with Crippen LogP contribution in [0.15, 0.2) is 48.5 Å². The van der Waals surface area contributed by atoms with E-state index < -0.39 is 0 Å². The first-order valence-corrected chi connectivity index (χ1v) is 7.33. The Morgan fingerprint density at radius 3 is 2.48 bits per heavy atom. The Kier molecular flexibility index (Phi) is 4.19. The zero-order chi connectivity index (χ0) is 16.2. The number of ether oxygens (including phenoxy) is 1. The van der Waals surface area contributed by atoms with Crippen molar-refractivity contribution >= 4 is 28.2 Å². The van der Waals surface area contributed by atoms with Crippen LogP contribution in [-0.4, -0.2) is 23.3 Å². The SMILES string of the molecule is COC(=O)Cc1nnc(Nc2ccccc2C)c2ccccc12. The maximum atomic E-state index is 11.5. The monoisotopic (exact) mass is 307 g/mol. The summed E-state index contributed by atoms with van der Waals surface area (Å²) < 4.78 is 4.72. The van der Waals surface area contributed by atoms with Crippen LogP contribution in [0.4, 0.5) is 11.5 Å². The molecule has 0 aliphatic heterocycles. The first kappa shape index (κ1) is 15.0. The number of methoxy groups -OCH3 is 1. The number of para-hydroxylation sites is 1. The molecule has 0 fully saturated rings. The van der Waals surface area contributed by atoms with E-state index in [1.54, 1.807) is 0 Å². The Morgan fingerprint density at radius 2 is 1.74 bits per heavy atom. The van der Waals surface area contributed by atoms with Crippen LogP contribution < -0.4 is 5.32 Å². The number of nitrogens with zero attached hydrogens (tertiary/aromatic N) is 2. The molecule has 0 radical (unpaired) electrons. The molecule has 1 N–H and O–H groups in total. The van der Waals surface area contributed by atoms with Crippen molar-refractivity contribution in [3.05, 3.63) is 59.8 Å². The molecule has 5 heteroatoms. The fourth-order valence-corrected chi connectivity index (χ4v) is 2.43. The minimum absolute atomic E-state index is 0.106. The largest absolute Gasteiger partial charge is 0.469 e. The molecular formula is C18H17N3O2. The second-order valence-electron chi connectivity index (χ2n) is 5.23. The van der Waals surface area contributed by atoms with Crippen molar-refractivity contribution in [3.8, 4) is 0 Å². The van der Waals surface area contributed by atoms with Crippen molar-refractivity contribution in [1.82, 2.24) is 10.2 Å². The predicted molar refractivity (Wildman–Crippen MR) is 89.7 cm³/mol. The summed E-state index contributed by atoms with van der Waals surface area (Å²) in [4.78, 5) is 11.5. The van der Waals surface area contributed by atoms with Gasteiger partial charge in [-0.05, 0) is 18.6 Å². The van der Waals surface area contributed by atoms with E-state index in [1.807, 2.05) is 55.5 Å². The molecule has 0 bridgehead atoms. The number of aromatic nitrogens is 2. The van der Waals surface area contributed by atoms with Gasteiger partial charge in [-0.15, -0.1) is 5.10 Å². The van der Waals surface area contributed by atoms with E-state index in [-0.39, 0.29) is 12.4 Å². The minimum Gasteiger partial charge on any atom is -0.469 e. The molecule has 116 valence electrons. The van der Waals surface area contributed by atoms with Crippen LogP contribution in [0.2, 0.25) is 0 Å². The summed E-state index contributed by atoms with van der Waals surface area (Å²) in [7, 11) is 1.37. The first-order chi connectivity index (χ1) is 11.2. The molecule has 0 amide bonds. The van der Waals surface area contributed by atoms with Crippen molar-refractivity contribution in [1.29, 1.82) is 0 Å². The Morgan fingerprint density at radius 1 is 1.04 bits per heavy atom. The van der Waals surface area contributed by atoms with Gasteiger partial charge in [-0.3, -0.25) is 4.79 Å². The number of carbonyl (C=O) groups is 1. The summed E-state index contributed by atoms with van der Waals surface area (Å²) in [6, 6.07) is 15.7. The molecule has 23 heavy (non-hydrogen) atoms. The second-order valence-corrected chi connectivity index (χ2v) is 5.23. The lowest BCUT2D eigenvalue weighted by Crippen LogP contribution is -2.09. The normalized spacial score (nSPS) is 10.5. The molecule has 0 saturated heterocycles. The zero-order valence-electron chi connectivity index (χ0n) is 13.0. The Hall–Kier alpha value is -2.95. The fraction of sp³-hybridized carbons (Fsp3) is 0.167. The van der Waals surface area contributed by atoms with Gasteiger partial charge in [0, 0.05) is 16.5 Å². The van der Waals surface area contributed by atoms with E-state index >= 15 is 0 Å². The highest BCUT2D eigenvalue weighted by molar-refractivity contribution is 5.95. The average Bonchev–Trinajstić information content (AvgIpc) is 2.58. The van der Waals surface area contributed by atoms with Gasteiger partial charge in [-0.1, -0.05) is 42.5 Å². The van der Waals surface area contributed by atoms with Gasteiger partial charge >= 0.3 is 5.97 Å². The molecule has 0 aliphatic carbocycles. The van der Waals surface area contributed by atoms with Crippen molar-refractivity contribution in [2.45, 2.75) is 13.3 Å². The topological polar surface area (TPSA) is 64.1 Å². The van der Waals surface area contributed by atoms with E-state index in [1.165, 1.54) is 7.11 Å². The third-order valence-electron chi connectivity index (χ3n) is 3.70. The molecule has 0 saturated carbocycles. The van der Waals surface area contributed by atoms with Gasteiger partial charge in [0.25, 0.3) is 0 Å². The van der Waals surface area contributed by atoms with Crippen molar-refractivity contribution in [3.63, 3.8) is 0 Å². The van der Waals surface area contributed by atoms with Gasteiger partial charge in [0.2, 0.25) is 0 Å². The number of fused-ring (bicyclic) bond motifs is 1. The number of nitrogens with one attached hydrogen (secondary N) is 1. The summed E-state index contributed by atoms with van der Waals surface area (Å²) in [6.45, 7) is 2.03. The summed E-state index contributed by atoms with van der Waals surface area (Å²) in [6.07, 6.45) is 0.106. The van der Waals surface area contributed by atoms with Crippen molar-refractivity contribution < 1.29 is 9.53 Å². The van der Waals surface area contributed by atoms with Crippen LogP contribution in [0.25, 0.3) is 10.8 Å². The highest BCUT2D eigenvalue weighted by Crippen LogP contribution is 2.27. The molecule has 0 spiro atoms. The number of benzene rings is 2. The number of hydrogen-bond acceptors (Lipinski definition) is 5. The summed E-state index contributed by atoms with van der Waals surface area (Å²) in [5, 5.41) is 13.6. The van der Waals surface area contributed by atoms with E-state index in [0.29, 0.717) is 11.5 Å². The van der Waals surface area contributed by atoms with Gasteiger partial charge in [0.05, 0.1) is 19.2 Å². The van der Waals surface area contributed by atoms with Gasteiger partial charge < -0.3 is 10.1 Å². The minimum atomic E-state index is -0.330. The average molecular weight is 307 g/mol. The number of hydrogen-bond donors (Lipinski definition) is 1. The smallest absolute Gasteiger partial charge is 0.311 e. The number of esters is 1. The maximum Gasteiger partial charge on any atom is 0.311 e. The van der Waals surface area contributed by atoms with Gasteiger partial charge in [-0.2, -0.15) is 5.10 Å². The molecule has 1 heterocycles. The Bertz CT molecular complexity index is 862. The maximum absolute atomic E-state index is 11.5. The lowest BCUT2D eigenvalue weighted by molar-refractivity contribution is -0.139. The van der Waals surface area contributed by atoms with Crippen LogP contribution >= 0.6 is 0 Å². The van der Waals surface area contributed by atoms with Crippen molar-refractivity contribution in [2.75, 3.05) is 12.4 Å². The van der Waals surface area contributed by atoms with Crippen LogP contribution in [0.5, 0.6) is 0 Å². The number of rotatable bonds is 4. The molecular weight excluding hydrogens is 290 g/mol. The zero-order valence-corrected chi connectivity index (χ0v) is 13.0. The molecule has 5 nitrogen and oxygen atoms in total. The molecule has 0 atom stereocenters. The standard InChI is InChI=1S/C18H17N3O2/c1-12-7-3-6-10-15(12)19-18-14-9-5-4-8-13(14)16(20-21-18)11-17(22)23-2/h3-10H,11H2,1-2H3,(H,19,21). The predicted octanol–water partition coefficient (Wildman–Crippen LogP) is 3.40. The Balaban J connectivity index is 2.04. The number of carbonyl (C=O) groups excluding carboxylic acids is 1. The highest BCUT2D eigenvalue weighted by Gasteiger charge is 2.13. The first-order valence-electron chi connectivity index (χ1n) is 7.33. The van der Waals surface area contributed by atoms with Crippen LogP contribution in [-0.2, 0) is 16.0 Å². The van der Waals surface area contributed by atoms with E-state index in [2.05, 4.69) is 15.5 Å². The molecule has 1 aromatic heterocycles. The summed E-state index contributed by atoms with van der Waals surface area (Å²) >= 11 is 0. The fourth-order valence-electron chi connectivity index (χ4n) is 2.43. The molecule has 3 aromatic rings. The molecule has 2 aromatic carbocycles. The van der Waals surface area contributed by atoms with E-state index in [0.717, 1.165) is 22.0 Å². The highest BCUT2D eigenvalue weighted by atomic mass is 16.5. The third kappa shape index (κ3) is 3.13. The van der Waals surface area contributed by atoms with Gasteiger partial charge in [-0.25, -0.2) is 0 Å². The molecule has 3 rings (SSSR count). The van der Waals surface area contributed by atoms with E-state index in [9.17, 15) is 4.79 Å². The second kappa shape index (κ2) is 6.44. The third-order valence-corrected chi connectivity index (χ3v) is 3.70. The van der Waals surface area contributed by atoms with Crippen LogP contribution in [0.3, 0.4) is 0 Å². The molecule has 0 aliphatic rings. The lowest BCUT2D eigenvalue weighted by atomic mass is 10.1. The number of anilines is 2. The van der Waals surface area contributed by atoms with E-state index in [4.69, 9.17) is 4.74 Å². The summed E-state index contributed by atoms with van der Waals surface area (Å²) in [5.41, 5.74) is 2.72. The van der Waals surface area contributed by atoms with Gasteiger partial charge in [0.1, 0.15) is 0 Å².